The number of amides is 1. The SMILES string of the molecule is COc1ccc([C@@H]2NC(=O)O[C@H]2CO)cc1. The molecule has 0 saturated carbocycles. The van der Waals surface area contributed by atoms with Gasteiger partial charge in [0.25, 0.3) is 0 Å². The van der Waals surface area contributed by atoms with Crippen LogP contribution in [0.5, 0.6) is 5.75 Å². The molecule has 2 rings (SSSR count). The van der Waals surface area contributed by atoms with E-state index in [0.29, 0.717) is 0 Å². The van der Waals surface area contributed by atoms with Gasteiger partial charge in [-0.3, -0.25) is 0 Å². The number of hydrogen-bond acceptors (Lipinski definition) is 4. The number of rotatable bonds is 3. The molecule has 1 amide bonds. The Kier molecular flexibility index (Phi) is 2.96. The highest BCUT2D eigenvalue weighted by atomic mass is 16.6. The van der Waals surface area contributed by atoms with E-state index >= 15 is 0 Å². The molecule has 1 aromatic rings. The smallest absolute Gasteiger partial charge is 0.408 e. The number of methoxy groups -OCH3 is 1. The van der Waals surface area contributed by atoms with E-state index in [2.05, 4.69) is 5.32 Å². The summed E-state index contributed by atoms with van der Waals surface area (Å²) >= 11 is 0. The summed E-state index contributed by atoms with van der Waals surface area (Å²) in [6, 6.07) is 6.97. The van der Waals surface area contributed by atoms with Crippen molar-refractivity contribution < 1.29 is 19.4 Å². The van der Waals surface area contributed by atoms with Crippen LogP contribution in [-0.2, 0) is 4.74 Å². The molecule has 0 unspecified atom stereocenters. The van der Waals surface area contributed by atoms with Gasteiger partial charge in [0.1, 0.15) is 5.75 Å². The number of alkyl carbamates (subject to hydrolysis) is 1. The second-order valence-electron chi connectivity index (χ2n) is 3.52. The van der Waals surface area contributed by atoms with Crippen LogP contribution in [0.4, 0.5) is 4.79 Å². The molecule has 16 heavy (non-hydrogen) atoms. The first-order valence-electron chi connectivity index (χ1n) is 4.96. The Labute approximate surface area is 93.0 Å². The van der Waals surface area contributed by atoms with Gasteiger partial charge in [-0.15, -0.1) is 0 Å². The van der Waals surface area contributed by atoms with Gasteiger partial charge in [-0.25, -0.2) is 4.79 Å². The number of aliphatic hydroxyl groups excluding tert-OH is 1. The second-order valence-corrected chi connectivity index (χ2v) is 3.52. The van der Waals surface area contributed by atoms with Crippen molar-refractivity contribution in [3.05, 3.63) is 29.8 Å². The van der Waals surface area contributed by atoms with Gasteiger partial charge in [-0.05, 0) is 17.7 Å². The minimum Gasteiger partial charge on any atom is -0.497 e. The van der Waals surface area contributed by atoms with Crippen LogP contribution < -0.4 is 10.1 Å². The molecule has 2 atom stereocenters. The van der Waals surface area contributed by atoms with Crippen LogP contribution in [-0.4, -0.2) is 31.0 Å². The van der Waals surface area contributed by atoms with Crippen LogP contribution in [0.1, 0.15) is 11.6 Å². The van der Waals surface area contributed by atoms with Gasteiger partial charge in [0.05, 0.1) is 19.8 Å². The van der Waals surface area contributed by atoms with Gasteiger partial charge in [0.15, 0.2) is 6.10 Å². The maximum absolute atomic E-state index is 11.1. The summed E-state index contributed by atoms with van der Waals surface area (Å²) < 4.78 is 9.94. The number of carbonyl (C=O) groups excluding carboxylic acids is 1. The fourth-order valence-corrected chi connectivity index (χ4v) is 1.71. The average molecular weight is 223 g/mol. The fraction of sp³-hybridized carbons (Fsp3) is 0.364. The standard InChI is InChI=1S/C11H13NO4/c1-15-8-4-2-7(3-5-8)10-9(6-13)16-11(14)12-10/h2-5,9-10,13H,6H2,1H3,(H,12,14)/t9-,10-/m0/s1. The zero-order chi connectivity index (χ0) is 11.5. The summed E-state index contributed by atoms with van der Waals surface area (Å²) in [5, 5.41) is 11.7. The van der Waals surface area contributed by atoms with Crippen molar-refractivity contribution in [3.63, 3.8) is 0 Å². The number of benzene rings is 1. The molecule has 2 N–H and O–H groups in total. The van der Waals surface area contributed by atoms with E-state index < -0.39 is 12.2 Å². The molecule has 1 fully saturated rings. The molecule has 0 spiro atoms. The number of carbonyl (C=O) groups is 1. The van der Waals surface area contributed by atoms with E-state index in [1.165, 1.54) is 0 Å². The molecule has 1 saturated heterocycles. The highest BCUT2D eigenvalue weighted by molar-refractivity contribution is 5.70. The molecule has 1 aromatic carbocycles. The quantitative estimate of drug-likeness (QED) is 0.796. The average Bonchev–Trinajstić information content (AvgIpc) is 2.70. The van der Waals surface area contributed by atoms with E-state index in [1.807, 2.05) is 12.1 Å². The van der Waals surface area contributed by atoms with Gasteiger partial charge in [-0.1, -0.05) is 12.1 Å². The molecule has 0 radical (unpaired) electrons. The van der Waals surface area contributed by atoms with Crippen LogP contribution in [0.25, 0.3) is 0 Å². The van der Waals surface area contributed by atoms with Crippen molar-refractivity contribution in [3.8, 4) is 5.75 Å². The third kappa shape index (κ3) is 1.94. The summed E-state index contributed by atoms with van der Waals surface area (Å²) in [6.07, 6.45) is -1.03. The second kappa shape index (κ2) is 4.40. The predicted octanol–water partition coefficient (Wildman–Crippen LogP) is 0.837. The molecule has 0 bridgehead atoms. The third-order valence-electron chi connectivity index (χ3n) is 2.56. The normalized spacial score (nSPS) is 23.8. The number of aliphatic hydroxyl groups is 1. The first kappa shape index (κ1) is 10.8. The molecule has 5 nitrogen and oxygen atoms in total. The lowest BCUT2D eigenvalue weighted by Crippen LogP contribution is -2.24. The highest BCUT2D eigenvalue weighted by Gasteiger charge is 2.34. The number of nitrogens with one attached hydrogen (secondary N) is 1. The van der Waals surface area contributed by atoms with Gasteiger partial charge in [-0.2, -0.15) is 0 Å². The topological polar surface area (TPSA) is 67.8 Å². The van der Waals surface area contributed by atoms with E-state index in [0.717, 1.165) is 11.3 Å². The van der Waals surface area contributed by atoms with Crippen molar-refractivity contribution in [2.24, 2.45) is 0 Å². The molecular weight excluding hydrogens is 210 g/mol. The van der Waals surface area contributed by atoms with Crippen LogP contribution in [0, 0.1) is 0 Å². The van der Waals surface area contributed by atoms with E-state index in [9.17, 15) is 4.79 Å². The molecule has 5 heteroatoms. The Morgan fingerprint density at radius 1 is 1.44 bits per heavy atom. The third-order valence-corrected chi connectivity index (χ3v) is 2.56. The fourth-order valence-electron chi connectivity index (χ4n) is 1.71. The lowest BCUT2D eigenvalue weighted by atomic mass is 10.0. The zero-order valence-electron chi connectivity index (χ0n) is 8.84. The molecule has 1 heterocycles. The molecule has 0 aliphatic carbocycles. The number of cyclic esters (lactones) is 1. The van der Waals surface area contributed by atoms with E-state index in [4.69, 9.17) is 14.6 Å². The van der Waals surface area contributed by atoms with Gasteiger partial charge in [0, 0.05) is 0 Å². The van der Waals surface area contributed by atoms with Gasteiger partial charge >= 0.3 is 6.09 Å². The Balaban J connectivity index is 2.19. The molecule has 0 aromatic heterocycles. The van der Waals surface area contributed by atoms with E-state index in [-0.39, 0.29) is 12.6 Å². The maximum Gasteiger partial charge on any atom is 0.408 e. The maximum atomic E-state index is 11.1. The summed E-state index contributed by atoms with van der Waals surface area (Å²) in [6.45, 7) is -0.199. The lowest BCUT2D eigenvalue weighted by Gasteiger charge is -2.15. The Morgan fingerprint density at radius 2 is 2.12 bits per heavy atom. The summed E-state index contributed by atoms with van der Waals surface area (Å²) in [7, 11) is 1.59. The predicted molar refractivity (Wildman–Crippen MR) is 56.2 cm³/mol. The van der Waals surface area contributed by atoms with Crippen molar-refractivity contribution in [2.45, 2.75) is 12.1 Å². The minimum atomic E-state index is -0.527. The molecular formula is C11H13NO4. The van der Waals surface area contributed by atoms with Crippen molar-refractivity contribution >= 4 is 6.09 Å². The zero-order valence-corrected chi connectivity index (χ0v) is 8.84. The molecule has 1 aliphatic heterocycles. The van der Waals surface area contributed by atoms with Crippen LogP contribution in [0.15, 0.2) is 24.3 Å². The summed E-state index contributed by atoms with van der Waals surface area (Å²) in [5.74, 6) is 0.745. The number of hydrogen-bond donors (Lipinski definition) is 2. The Morgan fingerprint density at radius 3 is 2.69 bits per heavy atom. The van der Waals surface area contributed by atoms with Crippen molar-refractivity contribution in [2.75, 3.05) is 13.7 Å². The first-order chi connectivity index (χ1) is 7.74. The Bertz CT molecular complexity index is 376. The molecule has 1 aliphatic rings. The van der Waals surface area contributed by atoms with Crippen molar-refractivity contribution in [1.29, 1.82) is 0 Å². The molecule has 86 valence electrons. The van der Waals surface area contributed by atoms with Gasteiger partial charge in [0.2, 0.25) is 0 Å². The van der Waals surface area contributed by atoms with Crippen LogP contribution >= 0.6 is 0 Å². The van der Waals surface area contributed by atoms with Crippen LogP contribution in [0.2, 0.25) is 0 Å². The summed E-state index contributed by atoms with van der Waals surface area (Å²) in [5.41, 5.74) is 0.880. The van der Waals surface area contributed by atoms with Crippen LogP contribution in [0.3, 0.4) is 0 Å². The summed E-state index contributed by atoms with van der Waals surface area (Å²) in [4.78, 5) is 11.1. The van der Waals surface area contributed by atoms with Gasteiger partial charge < -0.3 is 19.9 Å². The van der Waals surface area contributed by atoms with E-state index in [1.54, 1.807) is 19.2 Å². The lowest BCUT2D eigenvalue weighted by molar-refractivity contribution is 0.0829. The van der Waals surface area contributed by atoms with Crippen molar-refractivity contribution in [1.82, 2.24) is 5.32 Å². The Hall–Kier alpha value is -1.75. The largest absolute Gasteiger partial charge is 0.497 e. The number of ether oxygens (including phenoxy) is 2. The minimum absolute atomic E-state index is 0.199. The highest BCUT2D eigenvalue weighted by Crippen LogP contribution is 2.25. The monoisotopic (exact) mass is 223 g/mol. The first-order valence-corrected chi connectivity index (χ1v) is 4.96.